The highest BCUT2D eigenvalue weighted by molar-refractivity contribution is 5.49. The van der Waals surface area contributed by atoms with E-state index in [1.165, 1.54) is 11.3 Å². The first-order chi connectivity index (χ1) is 8.17. The van der Waals surface area contributed by atoms with E-state index in [0.717, 1.165) is 26.1 Å². The molecule has 1 aromatic rings. The average Bonchev–Trinajstić information content (AvgIpc) is 2.74. The van der Waals surface area contributed by atoms with Crippen molar-refractivity contribution in [3.8, 4) is 0 Å². The lowest BCUT2D eigenvalue weighted by atomic mass is 10.1. The van der Waals surface area contributed by atoms with Gasteiger partial charge >= 0.3 is 0 Å². The summed E-state index contributed by atoms with van der Waals surface area (Å²) in [7, 11) is 0. The first kappa shape index (κ1) is 14.0. The zero-order valence-electron chi connectivity index (χ0n) is 11.5. The van der Waals surface area contributed by atoms with Gasteiger partial charge in [0.1, 0.15) is 0 Å². The SMILES string of the molecule is CCC(=Cc1cncn1CC)CNCC(C)C. The summed E-state index contributed by atoms with van der Waals surface area (Å²) in [6.07, 6.45) is 7.16. The minimum Gasteiger partial charge on any atom is -0.331 e. The van der Waals surface area contributed by atoms with E-state index in [0.29, 0.717) is 5.92 Å². The molecule has 17 heavy (non-hydrogen) atoms. The molecule has 1 aromatic heterocycles. The molecular weight excluding hydrogens is 210 g/mol. The Labute approximate surface area is 105 Å². The van der Waals surface area contributed by atoms with Gasteiger partial charge in [-0.25, -0.2) is 4.98 Å². The Morgan fingerprint density at radius 1 is 1.47 bits per heavy atom. The summed E-state index contributed by atoms with van der Waals surface area (Å²) in [4.78, 5) is 4.19. The molecule has 0 unspecified atom stereocenters. The third-order valence-electron chi connectivity index (χ3n) is 2.80. The van der Waals surface area contributed by atoms with Gasteiger partial charge in [-0.05, 0) is 31.9 Å². The van der Waals surface area contributed by atoms with Crippen LogP contribution in [0.5, 0.6) is 0 Å². The lowest BCUT2D eigenvalue weighted by Crippen LogP contribution is -2.22. The number of aryl methyl sites for hydroxylation is 1. The molecule has 0 atom stereocenters. The Morgan fingerprint density at radius 2 is 2.24 bits per heavy atom. The molecule has 0 aliphatic carbocycles. The number of nitrogens with zero attached hydrogens (tertiary/aromatic N) is 2. The lowest BCUT2D eigenvalue weighted by molar-refractivity contribution is 0.569. The van der Waals surface area contributed by atoms with E-state index in [1.54, 1.807) is 0 Å². The smallest absolute Gasteiger partial charge is 0.0950 e. The molecule has 96 valence electrons. The maximum absolute atomic E-state index is 4.19. The Morgan fingerprint density at radius 3 is 2.82 bits per heavy atom. The van der Waals surface area contributed by atoms with Crippen molar-refractivity contribution in [2.75, 3.05) is 13.1 Å². The van der Waals surface area contributed by atoms with Crippen LogP contribution in [0, 0.1) is 5.92 Å². The zero-order valence-corrected chi connectivity index (χ0v) is 11.5. The van der Waals surface area contributed by atoms with Crippen LogP contribution < -0.4 is 5.32 Å². The molecule has 1 heterocycles. The molecule has 0 aliphatic rings. The molecule has 0 aliphatic heterocycles. The van der Waals surface area contributed by atoms with Crippen LogP contribution in [-0.4, -0.2) is 22.6 Å². The number of nitrogens with one attached hydrogen (secondary N) is 1. The molecule has 0 saturated heterocycles. The predicted octanol–water partition coefficient (Wildman–Crippen LogP) is 2.94. The van der Waals surface area contributed by atoms with E-state index in [-0.39, 0.29) is 0 Å². The second-order valence-corrected chi connectivity index (χ2v) is 4.79. The van der Waals surface area contributed by atoms with Gasteiger partial charge in [-0.3, -0.25) is 0 Å². The van der Waals surface area contributed by atoms with Crippen LogP contribution >= 0.6 is 0 Å². The highest BCUT2D eigenvalue weighted by Gasteiger charge is 2.00. The third kappa shape index (κ3) is 4.73. The molecule has 3 nitrogen and oxygen atoms in total. The Kier molecular flexibility index (Phi) is 5.98. The molecule has 0 saturated carbocycles. The van der Waals surface area contributed by atoms with E-state index >= 15 is 0 Å². The fourth-order valence-electron chi connectivity index (χ4n) is 1.72. The molecule has 0 aromatic carbocycles. The van der Waals surface area contributed by atoms with Gasteiger partial charge < -0.3 is 9.88 Å². The van der Waals surface area contributed by atoms with E-state index in [2.05, 4.69) is 48.6 Å². The number of hydrogen-bond donors (Lipinski definition) is 1. The van der Waals surface area contributed by atoms with Gasteiger partial charge in [-0.15, -0.1) is 0 Å². The van der Waals surface area contributed by atoms with Crippen molar-refractivity contribution in [1.29, 1.82) is 0 Å². The van der Waals surface area contributed by atoms with Gasteiger partial charge in [0.2, 0.25) is 0 Å². The van der Waals surface area contributed by atoms with Gasteiger partial charge in [-0.1, -0.05) is 26.3 Å². The maximum atomic E-state index is 4.19. The van der Waals surface area contributed by atoms with Crippen LogP contribution in [-0.2, 0) is 6.54 Å². The Bertz CT molecular complexity index is 350. The number of aromatic nitrogens is 2. The predicted molar refractivity (Wildman–Crippen MR) is 73.9 cm³/mol. The summed E-state index contributed by atoms with van der Waals surface area (Å²) in [5, 5.41) is 3.49. The highest BCUT2D eigenvalue weighted by atomic mass is 15.0. The van der Waals surface area contributed by atoms with Crippen molar-refractivity contribution in [3.05, 3.63) is 23.8 Å². The third-order valence-corrected chi connectivity index (χ3v) is 2.80. The van der Waals surface area contributed by atoms with Crippen molar-refractivity contribution < 1.29 is 0 Å². The molecule has 0 bridgehead atoms. The van der Waals surface area contributed by atoms with E-state index in [1.807, 2.05) is 12.5 Å². The minimum absolute atomic E-state index is 0.703. The summed E-state index contributed by atoms with van der Waals surface area (Å²) in [6.45, 7) is 11.8. The summed E-state index contributed by atoms with van der Waals surface area (Å²) in [5.74, 6) is 0.703. The van der Waals surface area contributed by atoms with Gasteiger partial charge in [0.15, 0.2) is 0 Å². The second kappa shape index (κ2) is 7.28. The van der Waals surface area contributed by atoms with Crippen LogP contribution in [0.15, 0.2) is 18.1 Å². The molecule has 1 rings (SSSR count). The largest absolute Gasteiger partial charge is 0.331 e. The van der Waals surface area contributed by atoms with Crippen LogP contribution in [0.1, 0.15) is 39.8 Å². The molecular formula is C14H25N3. The summed E-state index contributed by atoms with van der Waals surface area (Å²) < 4.78 is 2.16. The van der Waals surface area contributed by atoms with Crippen LogP contribution in [0.3, 0.4) is 0 Å². The number of imidazole rings is 1. The molecule has 0 radical (unpaired) electrons. The molecule has 0 spiro atoms. The van der Waals surface area contributed by atoms with Crippen molar-refractivity contribution in [3.63, 3.8) is 0 Å². The van der Waals surface area contributed by atoms with Crippen LogP contribution in [0.2, 0.25) is 0 Å². The molecule has 0 fully saturated rings. The van der Waals surface area contributed by atoms with Crippen molar-refractivity contribution in [2.24, 2.45) is 5.92 Å². The van der Waals surface area contributed by atoms with Crippen LogP contribution in [0.25, 0.3) is 6.08 Å². The fraction of sp³-hybridized carbons (Fsp3) is 0.643. The summed E-state index contributed by atoms with van der Waals surface area (Å²) in [6, 6.07) is 0. The minimum atomic E-state index is 0.703. The molecule has 3 heteroatoms. The standard InChI is InChI=1S/C14H25N3/c1-5-13(9-15-8-12(3)4)7-14-10-16-11-17(14)6-2/h7,10-12,15H,5-6,8-9H2,1-4H3. The monoisotopic (exact) mass is 235 g/mol. The van der Waals surface area contributed by atoms with Gasteiger partial charge in [0.05, 0.1) is 18.2 Å². The normalized spacial score (nSPS) is 12.4. The average molecular weight is 235 g/mol. The zero-order chi connectivity index (χ0) is 12.7. The van der Waals surface area contributed by atoms with Gasteiger partial charge in [0, 0.05) is 13.1 Å². The van der Waals surface area contributed by atoms with Crippen molar-refractivity contribution >= 4 is 6.08 Å². The van der Waals surface area contributed by atoms with E-state index in [9.17, 15) is 0 Å². The first-order valence-electron chi connectivity index (χ1n) is 6.57. The quantitative estimate of drug-likeness (QED) is 0.787. The van der Waals surface area contributed by atoms with Gasteiger partial charge in [0.25, 0.3) is 0 Å². The van der Waals surface area contributed by atoms with Crippen LogP contribution in [0.4, 0.5) is 0 Å². The lowest BCUT2D eigenvalue weighted by Gasteiger charge is -2.10. The number of rotatable bonds is 7. The van der Waals surface area contributed by atoms with Gasteiger partial charge in [-0.2, -0.15) is 0 Å². The van der Waals surface area contributed by atoms with Crippen molar-refractivity contribution in [2.45, 2.75) is 40.7 Å². The van der Waals surface area contributed by atoms with E-state index in [4.69, 9.17) is 0 Å². The Hall–Kier alpha value is -1.09. The van der Waals surface area contributed by atoms with Crippen molar-refractivity contribution in [1.82, 2.24) is 14.9 Å². The molecule has 0 amide bonds. The summed E-state index contributed by atoms with van der Waals surface area (Å²) in [5.41, 5.74) is 2.64. The first-order valence-corrected chi connectivity index (χ1v) is 6.57. The maximum Gasteiger partial charge on any atom is 0.0950 e. The fourth-order valence-corrected chi connectivity index (χ4v) is 1.72. The molecule has 1 N–H and O–H groups in total. The number of hydrogen-bond acceptors (Lipinski definition) is 2. The topological polar surface area (TPSA) is 29.9 Å². The Balaban J connectivity index is 2.60. The second-order valence-electron chi connectivity index (χ2n) is 4.79. The highest BCUT2D eigenvalue weighted by Crippen LogP contribution is 2.09. The van der Waals surface area contributed by atoms with E-state index < -0.39 is 0 Å². The summed E-state index contributed by atoms with van der Waals surface area (Å²) >= 11 is 0.